The number of likely N-dealkylation sites (N-methyl/N-ethyl adjacent to an activating group) is 1. The van der Waals surface area contributed by atoms with Crippen molar-refractivity contribution >= 4 is 35.6 Å². The molecule has 2 unspecified atom stereocenters. The Morgan fingerprint density at radius 1 is 1.36 bits per heavy atom. The summed E-state index contributed by atoms with van der Waals surface area (Å²) < 4.78 is 0. The summed E-state index contributed by atoms with van der Waals surface area (Å²) in [5.74, 6) is -2.71. The first-order chi connectivity index (χ1) is 10.2. The van der Waals surface area contributed by atoms with E-state index in [0.717, 1.165) is 18.8 Å². The maximum absolute atomic E-state index is 11.9. The minimum Gasteiger partial charge on any atom is -0.480 e. The number of hydrogen-bond acceptors (Lipinski definition) is 6. The van der Waals surface area contributed by atoms with Gasteiger partial charge >= 0.3 is 12.1 Å². The summed E-state index contributed by atoms with van der Waals surface area (Å²) in [5, 5.41) is 21.9. The van der Waals surface area contributed by atoms with Crippen molar-refractivity contribution < 1.29 is 29.4 Å². The van der Waals surface area contributed by atoms with Crippen LogP contribution >= 0.6 is 11.8 Å². The molecule has 0 saturated heterocycles. The molecule has 3 amide bonds. The van der Waals surface area contributed by atoms with Gasteiger partial charge in [0, 0.05) is 19.2 Å². The molecule has 22 heavy (non-hydrogen) atoms. The number of carboxylic acids is 1. The summed E-state index contributed by atoms with van der Waals surface area (Å²) in [4.78, 5) is 45.3. The molecule has 0 aliphatic carbocycles. The van der Waals surface area contributed by atoms with Gasteiger partial charge in [0.25, 0.3) is 5.91 Å². The molecule has 0 spiro atoms. The molecule has 9 nitrogen and oxygen atoms in total. The van der Waals surface area contributed by atoms with Gasteiger partial charge in [-0.25, -0.2) is 9.69 Å². The van der Waals surface area contributed by atoms with E-state index in [1.165, 1.54) is 0 Å². The van der Waals surface area contributed by atoms with E-state index in [9.17, 15) is 19.2 Å². The van der Waals surface area contributed by atoms with E-state index in [1.807, 2.05) is 0 Å². The molecule has 0 aliphatic heterocycles. The summed E-state index contributed by atoms with van der Waals surface area (Å²) in [6, 6.07) is -2.32. The van der Waals surface area contributed by atoms with Gasteiger partial charge in [-0.2, -0.15) is 0 Å². The highest BCUT2D eigenvalue weighted by atomic mass is 32.2. The minimum absolute atomic E-state index is 0.0102. The molecule has 0 rings (SSSR count). The van der Waals surface area contributed by atoms with Crippen LogP contribution in [0.4, 0.5) is 4.79 Å². The van der Waals surface area contributed by atoms with Gasteiger partial charge in [-0.05, 0) is 11.7 Å². The molecule has 0 fully saturated rings. The lowest BCUT2D eigenvalue weighted by molar-refractivity contribution is -0.139. The van der Waals surface area contributed by atoms with Gasteiger partial charge in [0.1, 0.15) is 12.1 Å². The van der Waals surface area contributed by atoms with Crippen molar-refractivity contribution in [3.63, 3.8) is 0 Å². The molecule has 0 aromatic heterocycles. The number of nitrogens with one attached hydrogen (secondary N) is 1. The fourth-order valence-electron chi connectivity index (χ4n) is 1.31. The smallest absolute Gasteiger partial charge is 0.413 e. The Kier molecular flexibility index (Phi) is 8.66. The highest BCUT2D eigenvalue weighted by molar-refractivity contribution is 8.03. The topological polar surface area (TPSA) is 150 Å². The lowest BCUT2D eigenvalue weighted by Crippen LogP contribution is -2.50. The molecule has 2 atom stereocenters. The van der Waals surface area contributed by atoms with Gasteiger partial charge in [0.15, 0.2) is 0 Å². The molecule has 0 radical (unpaired) electrons. The molecule has 0 saturated carbocycles. The Bertz CT molecular complexity index is 490. The van der Waals surface area contributed by atoms with Crippen LogP contribution < -0.4 is 11.1 Å². The molecular weight excluding hydrogens is 314 g/mol. The standard InChI is InChI=1S/C12H17N3O6S/c1-3-22-6-8(10(17)15(2)12(20)21)14-9(16)5-4-7(13)11(18)19/h1,7-8H,4-6,13H2,2H3,(H,14,16)(H,18,19)(H,20,21). The zero-order chi connectivity index (χ0) is 17.3. The van der Waals surface area contributed by atoms with E-state index in [4.69, 9.17) is 22.4 Å². The monoisotopic (exact) mass is 331 g/mol. The second kappa shape index (κ2) is 9.64. The lowest BCUT2D eigenvalue weighted by atomic mass is 10.1. The molecule has 0 aromatic rings. The van der Waals surface area contributed by atoms with Crippen molar-refractivity contribution in [1.82, 2.24) is 10.2 Å². The zero-order valence-corrected chi connectivity index (χ0v) is 12.6. The first kappa shape index (κ1) is 19.8. The molecule has 0 aliphatic rings. The van der Waals surface area contributed by atoms with Crippen molar-refractivity contribution in [2.24, 2.45) is 5.73 Å². The van der Waals surface area contributed by atoms with Gasteiger partial charge in [-0.3, -0.25) is 14.4 Å². The van der Waals surface area contributed by atoms with E-state index in [0.29, 0.717) is 4.90 Å². The third kappa shape index (κ3) is 6.96. The van der Waals surface area contributed by atoms with Gasteiger partial charge in [0.2, 0.25) is 5.91 Å². The first-order valence-corrected chi connectivity index (χ1v) is 7.04. The van der Waals surface area contributed by atoms with E-state index in [1.54, 1.807) is 0 Å². The van der Waals surface area contributed by atoms with Crippen LogP contribution in [0.25, 0.3) is 0 Å². The van der Waals surface area contributed by atoms with Crippen molar-refractivity contribution in [2.75, 3.05) is 12.8 Å². The lowest BCUT2D eigenvalue weighted by Gasteiger charge is -2.20. The van der Waals surface area contributed by atoms with Crippen LogP contribution in [-0.4, -0.2) is 63.9 Å². The van der Waals surface area contributed by atoms with Crippen LogP contribution in [0.3, 0.4) is 0 Å². The summed E-state index contributed by atoms with van der Waals surface area (Å²) in [6.45, 7) is 0. The molecule has 5 N–H and O–H groups in total. The number of carbonyl (C=O) groups is 4. The SMILES string of the molecule is C#CSCC(NC(=O)CCC(N)C(=O)O)C(=O)N(C)C(=O)O. The van der Waals surface area contributed by atoms with E-state index in [2.05, 4.69) is 10.6 Å². The Balaban J connectivity index is 4.68. The van der Waals surface area contributed by atoms with E-state index < -0.39 is 36.0 Å². The van der Waals surface area contributed by atoms with Crippen LogP contribution in [0.2, 0.25) is 0 Å². The number of nitrogens with zero attached hydrogens (tertiary/aromatic N) is 1. The number of carboxylic acid groups (broad SMARTS) is 2. The van der Waals surface area contributed by atoms with Crippen LogP contribution in [0, 0.1) is 11.7 Å². The fourth-order valence-corrected chi connectivity index (χ4v) is 1.80. The molecule has 10 heteroatoms. The second-order valence-corrected chi connectivity index (χ2v) is 5.07. The minimum atomic E-state index is -1.47. The number of thioether (sulfide) groups is 1. The van der Waals surface area contributed by atoms with Crippen LogP contribution in [-0.2, 0) is 14.4 Å². The number of rotatable bonds is 8. The predicted octanol–water partition coefficient (Wildman–Crippen LogP) is -0.876. The summed E-state index contributed by atoms with van der Waals surface area (Å²) in [7, 11) is 1.05. The van der Waals surface area contributed by atoms with Crippen LogP contribution in [0.5, 0.6) is 0 Å². The molecule has 0 heterocycles. The summed E-state index contributed by atoms with van der Waals surface area (Å²) in [5.41, 5.74) is 5.26. The number of carbonyl (C=O) groups excluding carboxylic acids is 2. The number of hydrogen-bond donors (Lipinski definition) is 4. The molecule has 0 bridgehead atoms. The Hall–Kier alpha value is -2.25. The Labute approximate surface area is 131 Å². The Morgan fingerprint density at radius 3 is 2.41 bits per heavy atom. The van der Waals surface area contributed by atoms with Gasteiger partial charge in [-0.15, -0.1) is 6.42 Å². The van der Waals surface area contributed by atoms with Crippen LogP contribution in [0.15, 0.2) is 0 Å². The number of terminal acetylenes is 1. The third-order valence-corrected chi connectivity index (χ3v) is 3.25. The van der Waals surface area contributed by atoms with E-state index in [-0.39, 0.29) is 18.6 Å². The van der Waals surface area contributed by atoms with Crippen LogP contribution in [0.1, 0.15) is 12.8 Å². The Morgan fingerprint density at radius 2 is 1.95 bits per heavy atom. The predicted molar refractivity (Wildman–Crippen MR) is 78.9 cm³/mol. The van der Waals surface area contributed by atoms with Crippen molar-refractivity contribution in [2.45, 2.75) is 24.9 Å². The van der Waals surface area contributed by atoms with E-state index >= 15 is 0 Å². The van der Waals surface area contributed by atoms with Crippen molar-refractivity contribution in [3.05, 3.63) is 0 Å². The average Bonchev–Trinajstić information content (AvgIpc) is 2.46. The molecule has 122 valence electrons. The number of nitrogens with two attached hydrogens (primary N) is 1. The maximum atomic E-state index is 11.9. The first-order valence-electron chi connectivity index (χ1n) is 6.06. The normalized spacial score (nSPS) is 12.6. The highest BCUT2D eigenvalue weighted by Gasteiger charge is 2.27. The maximum Gasteiger partial charge on any atom is 0.413 e. The largest absolute Gasteiger partial charge is 0.480 e. The third-order valence-electron chi connectivity index (χ3n) is 2.58. The quantitative estimate of drug-likeness (QED) is 0.419. The molecule has 0 aromatic carbocycles. The number of amides is 3. The number of aliphatic carboxylic acids is 1. The molecular formula is C12H17N3O6S. The van der Waals surface area contributed by atoms with Crippen molar-refractivity contribution in [1.29, 1.82) is 0 Å². The van der Waals surface area contributed by atoms with Gasteiger partial charge in [0.05, 0.1) is 0 Å². The summed E-state index contributed by atoms with van der Waals surface area (Å²) >= 11 is 0.899. The fraction of sp³-hybridized carbons (Fsp3) is 0.500. The van der Waals surface area contributed by atoms with Gasteiger partial charge < -0.3 is 21.3 Å². The second-order valence-electron chi connectivity index (χ2n) is 4.21. The summed E-state index contributed by atoms with van der Waals surface area (Å²) in [6.07, 6.45) is 3.26. The average molecular weight is 331 g/mol. The number of imide groups is 1. The highest BCUT2D eigenvalue weighted by Crippen LogP contribution is 2.05. The van der Waals surface area contributed by atoms with Gasteiger partial charge in [-0.1, -0.05) is 11.8 Å². The van der Waals surface area contributed by atoms with Crippen molar-refractivity contribution in [3.8, 4) is 11.7 Å². The zero-order valence-electron chi connectivity index (χ0n) is 11.8.